The summed E-state index contributed by atoms with van der Waals surface area (Å²) in [6.45, 7) is 7.27. The van der Waals surface area contributed by atoms with Crippen LogP contribution in [0, 0.1) is 13.8 Å². The van der Waals surface area contributed by atoms with Gasteiger partial charge in [-0.1, -0.05) is 37.3 Å². The Hall–Kier alpha value is -1.19. The Labute approximate surface area is 107 Å². The Balaban J connectivity index is 2.35. The number of benzene rings is 1. The fraction of sp³-hybridized carbons (Fsp3) is 0.357. The number of nitrogens with one attached hydrogen (secondary N) is 1. The lowest BCUT2D eigenvalue weighted by atomic mass is 10.1. The minimum atomic E-state index is 0.221. The van der Waals surface area contributed by atoms with Gasteiger partial charge in [0.2, 0.25) is 0 Å². The van der Waals surface area contributed by atoms with Gasteiger partial charge in [0.25, 0.3) is 0 Å². The first-order chi connectivity index (χ1) is 8.22. The van der Waals surface area contributed by atoms with Crippen molar-refractivity contribution in [3.05, 3.63) is 51.5 Å². The van der Waals surface area contributed by atoms with Crippen LogP contribution in [0.15, 0.2) is 30.3 Å². The van der Waals surface area contributed by atoms with Gasteiger partial charge in [0.1, 0.15) is 5.01 Å². The molecule has 1 aromatic heterocycles. The Morgan fingerprint density at radius 1 is 1.24 bits per heavy atom. The third-order valence-corrected chi connectivity index (χ3v) is 3.97. The molecule has 0 aliphatic carbocycles. The molecule has 0 fully saturated rings. The lowest BCUT2D eigenvalue weighted by Gasteiger charge is -2.15. The average molecular weight is 246 g/mol. The van der Waals surface area contributed by atoms with Gasteiger partial charge in [-0.3, -0.25) is 0 Å². The summed E-state index contributed by atoms with van der Waals surface area (Å²) in [7, 11) is 0. The van der Waals surface area contributed by atoms with Gasteiger partial charge >= 0.3 is 0 Å². The van der Waals surface area contributed by atoms with Crippen molar-refractivity contribution in [2.45, 2.75) is 26.8 Å². The van der Waals surface area contributed by atoms with E-state index in [1.54, 1.807) is 11.3 Å². The molecule has 0 aliphatic heterocycles. The molecule has 3 heteroatoms. The third-order valence-electron chi connectivity index (χ3n) is 2.83. The van der Waals surface area contributed by atoms with E-state index >= 15 is 0 Å². The van der Waals surface area contributed by atoms with Crippen LogP contribution < -0.4 is 5.32 Å². The van der Waals surface area contributed by atoms with Gasteiger partial charge in [-0.15, -0.1) is 11.3 Å². The lowest BCUT2D eigenvalue weighted by molar-refractivity contribution is 0.626. The number of hydrogen-bond donors (Lipinski definition) is 1. The maximum atomic E-state index is 4.66. The van der Waals surface area contributed by atoms with Crippen molar-refractivity contribution >= 4 is 11.3 Å². The van der Waals surface area contributed by atoms with Crippen molar-refractivity contribution in [3.63, 3.8) is 0 Å². The summed E-state index contributed by atoms with van der Waals surface area (Å²) in [5.41, 5.74) is 2.42. The molecule has 1 unspecified atom stereocenters. The number of hydrogen-bond acceptors (Lipinski definition) is 3. The molecular weight excluding hydrogens is 228 g/mol. The smallest absolute Gasteiger partial charge is 0.115 e. The van der Waals surface area contributed by atoms with Crippen LogP contribution in [-0.2, 0) is 0 Å². The largest absolute Gasteiger partial charge is 0.305 e. The highest BCUT2D eigenvalue weighted by Gasteiger charge is 2.17. The van der Waals surface area contributed by atoms with Crippen molar-refractivity contribution in [2.24, 2.45) is 0 Å². The molecule has 0 saturated carbocycles. The van der Waals surface area contributed by atoms with Gasteiger partial charge in [0.05, 0.1) is 11.7 Å². The Kier molecular flexibility index (Phi) is 3.92. The normalized spacial score (nSPS) is 12.6. The molecule has 1 heterocycles. The van der Waals surface area contributed by atoms with E-state index in [9.17, 15) is 0 Å². The van der Waals surface area contributed by atoms with Crippen LogP contribution in [0.2, 0.25) is 0 Å². The lowest BCUT2D eigenvalue weighted by Crippen LogP contribution is -2.21. The number of aromatic nitrogens is 1. The van der Waals surface area contributed by atoms with E-state index in [1.165, 1.54) is 10.4 Å². The number of nitrogens with zero attached hydrogens (tertiary/aromatic N) is 1. The molecule has 0 bridgehead atoms. The summed E-state index contributed by atoms with van der Waals surface area (Å²) >= 11 is 1.78. The van der Waals surface area contributed by atoms with Gasteiger partial charge in [0, 0.05) is 4.88 Å². The molecule has 1 atom stereocenters. The zero-order chi connectivity index (χ0) is 12.3. The Morgan fingerprint density at radius 2 is 1.94 bits per heavy atom. The Morgan fingerprint density at radius 3 is 2.47 bits per heavy atom. The SMILES string of the molecule is CCNC(c1ccccc1)c1nc(C)c(C)s1. The van der Waals surface area contributed by atoms with Gasteiger partial charge in [-0.25, -0.2) is 4.98 Å². The molecule has 0 spiro atoms. The van der Waals surface area contributed by atoms with Crippen molar-refractivity contribution in [1.82, 2.24) is 10.3 Å². The molecular formula is C14H18N2S. The molecule has 0 saturated heterocycles. The molecule has 2 rings (SSSR count). The van der Waals surface area contributed by atoms with Crippen LogP contribution in [0.5, 0.6) is 0 Å². The molecule has 90 valence electrons. The summed E-state index contributed by atoms with van der Waals surface area (Å²) in [5, 5.41) is 4.66. The zero-order valence-corrected chi connectivity index (χ0v) is 11.3. The highest BCUT2D eigenvalue weighted by Crippen LogP contribution is 2.27. The molecule has 0 aliphatic rings. The molecule has 1 aromatic carbocycles. The monoisotopic (exact) mass is 246 g/mol. The summed E-state index contributed by atoms with van der Waals surface area (Å²) < 4.78 is 0. The number of thiazole rings is 1. The average Bonchev–Trinajstić information content (AvgIpc) is 2.67. The van der Waals surface area contributed by atoms with Crippen molar-refractivity contribution < 1.29 is 0 Å². The minimum Gasteiger partial charge on any atom is -0.305 e. The molecule has 17 heavy (non-hydrogen) atoms. The van der Waals surface area contributed by atoms with Gasteiger partial charge in [-0.2, -0.15) is 0 Å². The second-order valence-electron chi connectivity index (χ2n) is 4.10. The summed E-state index contributed by atoms with van der Waals surface area (Å²) in [4.78, 5) is 5.97. The Bertz CT molecular complexity index is 457. The minimum absolute atomic E-state index is 0.221. The van der Waals surface area contributed by atoms with E-state index in [4.69, 9.17) is 0 Å². The van der Waals surface area contributed by atoms with E-state index < -0.39 is 0 Å². The second kappa shape index (κ2) is 5.43. The topological polar surface area (TPSA) is 24.9 Å². The van der Waals surface area contributed by atoms with E-state index in [-0.39, 0.29) is 6.04 Å². The van der Waals surface area contributed by atoms with Crippen LogP contribution in [0.1, 0.15) is 34.1 Å². The summed E-state index contributed by atoms with van der Waals surface area (Å²) in [6, 6.07) is 10.7. The van der Waals surface area contributed by atoms with Crippen LogP contribution >= 0.6 is 11.3 Å². The first-order valence-corrected chi connectivity index (χ1v) is 6.76. The van der Waals surface area contributed by atoms with E-state index in [0.717, 1.165) is 17.2 Å². The number of aryl methyl sites for hydroxylation is 2. The maximum absolute atomic E-state index is 4.66. The van der Waals surface area contributed by atoms with Gasteiger partial charge < -0.3 is 5.32 Å². The van der Waals surface area contributed by atoms with Crippen LogP contribution in [-0.4, -0.2) is 11.5 Å². The quantitative estimate of drug-likeness (QED) is 0.893. The van der Waals surface area contributed by atoms with E-state index in [0.29, 0.717) is 0 Å². The maximum Gasteiger partial charge on any atom is 0.115 e. The first-order valence-electron chi connectivity index (χ1n) is 5.94. The van der Waals surface area contributed by atoms with E-state index in [2.05, 4.69) is 55.3 Å². The van der Waals surface area contributed by atoms with Crippen LogP contribution in [0.25, 0.3) is 0 Å². The highest BCUT2D eigenvalue weighted by atomic mass is 32.1. The van der Waals surface area contributed by atoms with Crippen molar-refractivity contribution in [2.75, 3.05) is 6.54 Å². The molecule has 1 N–H and O–H groups in total. The third kappa shape index (κ3) is 2.73. The molecule has 2 aromatic rings. The van der Waals surface area contributed by atoms with Gasteiger partial charge in [-0.05, 0) is 26.0 Å². The predicted octanol–water partition coefficient (Wildman–Crippen LogP) is 3.46. The first kappa shape index (κ1) is 12.3. The van der Waals surface area contributed by atoms with Crippen molar-refractivity contribution in [3.8, 4) is 0 Å². The molecule has 0 amide bonds. The molecule has 0 radical (unpaired) electrons. The van der Waals surface area contributed by atoms with Gasteiger partial charge in [0.15, 0.2) is 0 Å². The summed E-state index contributed by atoms with van der Waals surface area (Å²) in [5.74, 6) is 0. The fourth-order valence-corrected chi connectivity index (χ4v) is 2.85. The predicted molar refractivity (Wildman–Crippen MR) is 73.5 cm³/mol. The number of rotatable bonds is 4. The zero-order valence-electron chi connectivity index (χ0n) is 10.5. The highest BCUT2D eigenvalue weighted by molar-refractivity contribution is 7.11. The second-order valence-corrected chi connectivity index (χ2v) is 5.33. The van der Waals surface area contributed by atoms with Crippen LogP contribution in [0.4, 0.5) is 0 Å². The fourth-order valence-electron chi connectivity index (χ4n) is 1.82. The standard InChI is InChI=1S/C14H18N2S/c1-4-15-13(12-8-6-5-7-9-12)14-16-10(2)11(3)17-14/h5-9,13,15H,4H2,1-3H3. The van der Waals surface area contributed by atoms with E-state index in [1.807, 2.05) is 6.07 Å². The summed E-state index contributed by atoms with van der Waals surface area (Å²) in [6.07, 6.45) is 0. The van der Waals surface area contributed by atoms with Crippen molar-refractivity contribution in [1.29, 1.82) is 0 Å². The molecule has 2 nitrogen and oxygen atoms in total. The van der Waals surface area contributed by atoms with Crippen LogP contribution in [0.3, 0.4) is 0 Å².